The van der Waals surface area contributed by atoms with Gasteiger partial charge in [-0.1, -0.05) is 82.6 Å². The highest BCUT2D eigenvalue weighted by atomic mass is 16.4. The van der Waals surface area contributed by atoms with E-state index >= 15 is 0 Å². The maximum Gasteiger partial charge on any atom is 0.300 e. The molecule has 154 valence electrons. The van der Waals surface area contributed by atoms with E-state index < -0.39 is 0 Å². The molecule has 0 amide bonds. The summed E-state index contributed by atoms with van der Waals surface area (Å²) in [4.78, 5) is 4.77. The van der Waals surface area contributed by atoms with Crippen LogP contribution in [0.15, 0.2) is 71.1 Å². The minimum Gasteiger partial charge on any atom is -0.423 e. The number of nitrogens with one attached hydrogen (secondary N) is 1. The van der Waals surface area contributed by atoms with E-state index in [-0.39, 0.29) is 5.41 Å². The van der Waals surface area contributed by atoms with Crippen LogP contribution in [0.4, 0.5) is 11.7 Å². The number of nitrogens with zero attached hydrogens (tertiary/aromatic N) is 1. The van der Waals surface area contributed by atoms with E-state index in [2.05, 4.69) is 87.6 Å². The van der Waals surface area contributed by atoms with Crippen LogP contribution in [0, 0.1) is 0 Å². The Labute approximate surface area is 179 Å². The molecule has 3 nitrogen and oxygen atoms in total. The molecule has 0 aliphatic heterocycles. The van der Waals surface area contributed by atoms with Crippen molar-refractivity contribution >= 4 is 22.8 Å². The fourth-order valence-corrected chi connectivity index (χ4v) is 3.65. The summed E-state index contributed by atoms with van der Waals surface area (Å²) in [6, 6.07) is 23.8. The number of oxazole rings is 1. The number of benzene rings is 3. The van der Waals surface area contributed by atoms with Crippen LogP contribution >= 0.6 is 0 Å². The molecule has 0 atom stereocenters. The summed E-state index contributed by atoms with van der Waals surface area (Å²) in [5.41, 5.74) is 7.67. The highest BCUT2D eigenvalue weighted by Crippen LogP contribution is 2.33. The van der Waals surface area contributed by atoms with Crippen LogP contribution in [0.3, 0.4) is 0 Å². The van der Waals surface area contributed by atoms with E-state index in [0.717, 1.165) is 34.3 Å². The third kappa shape index (κ3) is 4.40. The lowest BCUT2D eigenvalue weighted by atomic mass is 9.85. The van der Waals surface area contributed by atoms with Gasteiger partial charge in [0.05, 0.1) is 0 Å². The van der Waals surface area contributed by atoms with Gasteiger partial charge in [0.15, 0.2) is 5.58 Å². The Balaban J connectivity index is 1.63. The van der Waals surface area contributed by atoms with Gasteiger partial charge in [0.25, 0.3) is 6.01 Å². The summed E-state index contributed by atoms with van der Waals surface area (Å²) in [6.45, 7) is 8.92. The second-order valence-electron chi connectivity index (χ2n) is 8.93. The number of unbranched alkanes of at least 4 members (excludes halogenated alkanes) is 1. The summed E-state index contributed by atoms with van der Waals surface area (Å²) in [7, 11) is 0. The quantitative estimate of drug-likeness (QED) is 0.359. The largest absolute Gasteiger partial charge is 0.423 e. The zero-order valence-electron chi connectivity index (χ0n) is 18.3. The second-order valence-corrected chi connectivity index (χ2v) is 8.93. The molecule has 0 unspecified atom stereocenters. The molecule has 1 N–H and O–H groups in total. The van der Waals surface area contributed by atoms with E-state index in [1.165, 1.54) is 24.0 Å². The lowest BCUT2D eigenvalue weighted by Crippen LogP contribution is -2.10. The molecule has 4 rings (SSSR count). The number of rotatable bonds is 6. The van der Waals surface area contributed by atoms with Gasteiger partial charge in [0.2, 0.25) is 0 Å². The van der Waals surface area contributed by atoms with Crippen LogP contribution < -0.4 is 5.32 Å². The predicted octanol–water partition coefficient (Wildman–Crippen LogP) is 7.88. The van der Waals surface area contributed by atoms with Crippen LogP contribution in [-0.4, -0.2) is 4.98 Å². The number of fused-ring (bicyclic) bond motifs is 1. The summed E-state index contributed by atoms with van der Waals surface area (Å²) >= 11 is 0. The van der Waals surface area contributed by atoms with E-state index in [4.69, 9.17) is 9.40 Å². The molecule has 0 aliphatic carbocycles. The molecule has 0 fully saturated rings. The molecule has 0 saturated carbocycles. The minimum atomic E-state index is 0.101. The monoisotopic (exact) mass is 398 g/mol. The number of aryl methyl sites for hydroxylation is 1. The van der Waals surface area contributed by atoms with Crippen molar-refractivity contribution in [2.45, 2.75) is 52.4 Å². The summed E-state index contributed by atoms with van der Waals surface area (Å²) in [5.74, 6) is 0. The number of para-hydroxylation sites is 1. The highest BCUT2D eigenvalue weighted by Gasteiger charge is 2.16. The van der Waals surface area contributed by atoms with Crippen LogP contribution in [0.2, 0.25) is 0 Å². The Bertz CT molecular complexity index is 1130. The highest BCUT2D eigenvalue weighted by molar-refractivity contribution is 5.92. The van der Waals surface area contributed by atoms with Crippen molar-refractivity contribution in [1.29, 1.82) is 0 Å². The van der Waals surface area contributed by atoms with Crippen molar-refractivity contribution in [2.75, 3.05) is 5.32 Å². The van der Waals surface area contributed by atoms with Crippen molar-refractivity contribution in [2.24, 2.45) is 0 Å². The number of anilines is 2. The molecule has 3 aromatic carbocycles. The van der Waals surface area contributed by atoms with E-state index in [0.29, 0.717) is 6.01 Å². The molecular formula is C27H30N2O. The van der Waals surface area contributed by atoms with Crippen molar-refractivity contribution in [1.82, 2.24) is 4.98 Å². The first kappa shape index (κ1) is 20.2. The first-order valence-corrected chi connectivity index (χ1v) is 10.8. The zero-order valence-corrected chi connectivity index (χ0v) is 18.3. The molecule has 4 aromatic rings. The topological polar surface area (TPSA) is 38.1 Å². The standard InChI is InChI=1S/C27H30N2O/c1-5-6-9-19-14-16-22(17-15-19)28-26-29-25-23(12-8-13-24(25)30-26)20-10-7-11-21(18-20)27(2,3)4/h7-8,10-18H,5-6,9H2,1-4H3,(H,28,29). The number of hydrogen-bond acceptors (Lipinski definition) is 3. The van der Waals surface area contributed by atoms with Crippen LogP contribution in [-0.2, 0) is 11.8 Å². The van der Waals surface area contributed by atoms with E-state index in [1.807, 2.05) is 12.1 Å². The SMILES string of the molecule is CCCCc1ccc(Nc2nc3c(-c4cccc(C(C)(C)C)c4)cccc3o2)cc1. The van der Waals surface area contributed by atoms with Crippen molar-refractivity contribution in [3.8, 4) is 11.1 Å². The van der Waals surface area contributed by atoms with Gasteiger partial charge in [-0.25, -0.2) is 0 Å². The van der Waals surface area contributed by atoms with Gasteiger partial charge < -0.3 is 9.73 Å². The lowest BCUT2D eigenvalue weighted by Gasteiger charge is -2.19. The summed E-state index contributed by atoms with van der Waals surface area (Å²) in [6.07, 6.45) is 3.55. The van der Waals surface area contributed by atoms with Gasteiger partial charge in [-0.2, -0.15) is 4.98 Å². The van der Waals surface area contributed by atoms with Crippen molar-refractivity contribution in [3.63, 3.8) is 0 Å². The van der Waals surface area contributed by atoms with E-state index in [9.17, 15) is 0 Å². The molecule has 0 spiro atoms. The molecule has 0 bridgehead atoms. The summed E-state index contributed by atoms with van der Waals surface area (Å²) in [5, 5.41) is 3.31. The zero-order chi connectivity index (χ0) is 21.1. The predicted molar refractivity (Wildman–Crippen MR) is 126 cm³/mol. The molecule has 1 aromatic heterocycles. The molecule has 1 heterocycles. The average molecular weight is 399 g/mol. The maximum absolute atomic E-state index is 6.00. The fraction of sp³-hybridized carbons (Fsp3) is 0.296. The van der Waals surface area contributed by atoms with Crippen LogP contribution in [0.25, 0.3) is 22.2 Å². The smallest absolute Gasteiger partial charge is 0.300 e. The fourth-order valence-electron chi connectivity index (χ4n) is 3.65. The molecule has 0 saturated heterocycles. The van der Waals surface area contributed by atoms with Crippen molar-refractivity contribution in [3.05, 3.63) is 77.9 Å². The molecule has 0 aliphatic rings. The summed E-state index contributed by atoms with van der Waals surface area (Å²) < 4.78 is 6.00. The lowest BCUT2D eigenvalue weighted by molar-refractivity contribution is 0.590. The third-order valence-corrected chi connectivity index (χ3v) is 5.48. The Hall–Kier alpha value is -3.07. The number of hydrogen-bond donors (Lipinski definition) is 1. The Morgan fingerprint density at radius 1 is 0.933 bits per heavy atom. The number of aromatic nitrogens is 1. The van der Waals surface area contributed by atoms with Gasteiger partial charge in [-0.3, -0.25) is 0 Å². The Morgan fingerprint density at radius 3 is 2.43 bits per heavy atom. The van der Waals surface area contributed by atoms with Gasteiger partial charge in [-0.15, -0.1) is 0 Å². The van der Waals surface area contributed by atoms with Gasteiger partial charge >= 0.3 is 0 Å². The normalized spacial score (nSPS) is 11.7. The van der Waals surface area contributed by atoms with Gasteiger partial charge in [-0.05, 0) is 53.1 Å². The van der Waals surface area contributed by atoms with Crippen molar-refractivity contribution < 1.29 is 4.42 Å². The minimum absolute atomic E-state index is 0.101. The van der Waals surface area contributed by atoms with E-state index in [1.54, 1.807) is 0 Å². The third-order valence-electron chi connectivity index (χ3n) is 5.48. The first-order valence-electron chi connectivity index (χ1n) is 10.8. The molecule has 3 heteroatoms. The molecular weight excluding hydrogens is 368 g/mol. The van der Waals surface area contributed by atoms with Crippen LogP contribution in [0.5, 0.6) is 0 Å². The van der Waals surface area contributed by atoms with Gasteiger partial charge in [0, 0.05) is 11.3 Å². The molecule has 30 heavy (non-hydrogen) atoms. The Kier molecular flexibility index (Phi) is 5.63. The average Bonchev–Trinajstić information content (AvgIpc) is 3.15. The first-order chi connectivity index (χ1) is 14.4. The molecule has 0 radical (unpaired) electrons. The maximum atomic E-state index is 6.00. The van der Waals surface area contributed by atoms with Crippen LogP contribution in [0.1, 0.15) is 51.7 Å². The Morgan fingerprint density at radius 2 is 1.70 bits per heavy atom. The van der Waals surface area contributed by atoms with Gasteiger partial charge in [0.1, 0.15) is 5.52 Å². The second kappa shape index (κ2) is 8.35.